The van der Waals surface area contributed by atoms with E-state index in [-0.39, 0.29) is 12.5 Å². The van der Waals surface area contributed by atoms with E-state index in [9.17, 15) is 18.0 Å². The van der Waals surface area contributed by atoms with Gasteiger partial charge in [0.05, 0.1) is 11.9 Å². The molecule has 0 radical (unpaired) electrons. The molecule has 0 bridgehead atoms. The lowest BCUT2D eigenvalue weighted by Gasteiger charge is -2.31. The monoisotopic (exact) mass is 571 g/mol. The first-order valence-electron chi connectivity index (χ1n) is 12.7. The molecule has 8 nitrogen and oxygen atoms in total. The van der Waals surface area contributed by atoms with Gasteiger partial charge >= 0.3 is 0 Å². The van der Waals surface area contributed by atoms with Gasteiger partial charge < -0.3 is 15.0 Å². The van der Waals surface area contributed by atoms with Crippen molar-refractivity contribution in [1.29, 1.82) is 0 Å². The normalized spacial score (nSPS) is 11.9. The fourth-order valence-electron chi connectivity index (χ4n) is 3.82. The molecule has 3 aromatic rings. The lowest BCUT2D eigenvalue weighted by Crippen LogP contribution is -2.51. The van der Waals surface area contributed by atoms with Crippen molar-refractivity contribution in [1.82, 2.24) is 10.2 Å². The van der Waals surface area contributed by atoms with Crippen molar-refractivity contribution in [3.63, 3.8) is 0 Å². The molecule has 0 unspecified atom stereocenters. The average molecular weight is 572 g/mol. The molecule has 0 fully saturated rings. The third-order valence-corrected chi connectivity index (χ3v) is 7.44. The molecule has 1 N–H and O–H groups in total. The first-order valence-corrected chi connectivity index (χ1v) is 14.9. The molecule has 10 heteroatoms. The van der Waals surface area contributed by atoms with Crippen LogP contribution in [0.4, 0.5) is 5.69 Å². The minimum absolute atomic E-state index is 0.111. The minimum Gasteiger partial charge on any atom is -0.457 e. The van der Waals surface area contributed by atoms with E-state index in [1.807, 2.05) is 37.3 Å². The number of carbonyl (C=O) groups excluding carboxylic acids is 2. The van der Waals surface area contributed by atoms with E-state index < -0.39 is 28.5 Å². The molecule has 3 rings (SSSR count). The van der Waals surface area contributed by atoms with Gasteiger partial charge in [0.25, 0.3) is 0 Å². The SMILES string of the molecule is CCCCNC(=O)[C@@H](C)N(Cc1ccc(Cl)cc1)C(=O)CN(c1ccc(Oc2ccccc2)cc1)S(C)(=O)=O. The second-order valence-electron chi connectivity index (χ2n) is 9.15. The maximum Gasteiger partial charge on any atom is 0.244 e. The van der Waals surface area contributed by atoms with Gasteiger partial charge in [0, 0.05) is 18.1 Å². The third-order valence-electron chi connectivity index (χ3n) is 6.05. The second kappa shape index (κ2) is 14.0. The predicted octanol–water partition coefficient (Wildman–Crippen LogP) is 5.23. The average Bonchev–Trinajstić information content (AvgIpc) is 2.91. The number of unbranched alkanes of at least 4 members (excludes halogenated alkanes) is 1. The van der Waals surface area contributed by atoms with Crippen molar-refractivity contribution >= 4 is 39.1 Å². The van der Waals surface area contributed by atoms with Gasteiger partial charge in [0.15, 0.2) is 0 Å². The van der Waals surface area contributed by atoms with Gasteiger partial charge in [-0.25, -0.2) is 8.42 Å². The van der Waals surface area contributed by atoms with Crippen molar-refractivity contribution < 1.29 is 22.7 Å². The van der Waals surface area contributed by atoms with Crippen LogP contribution < -0.4 is 14.4 Å². The topological polar surface area (TPSA) is 96.0 Å². The number of amides is 2. The van der Waals surface area contributed by atoms with E-state index in [2.05, 4.69) is 5.32 Å². The second-order valence-corrected chi connectivity index (χ2v) is 11.5. The number of carbonyl (C=O) groups is 2. The van der Waals surface area contributed by atoms with Gasteiger partial charge in [0.2, 0.25) is 21.8 Å². The smallest absolute Gasteiger partial charge is 0.244 e. The van der Waals surface area contributed by atoms with Gasteiger partial charge in [0.1, 0.15) is 24.1 Å². The number of anilines is 1. The number of rotatable bonds is 13. The van der Waals surface area contributed by atoms with Crippen LogP contribution in [0.1, 0.15) is 32.3 Å². The molecule has 1 atom stereocenters. The van der Waals surface area contributed by atoms with Crippen LogP contribution in [-0.4, -0.2) is 50.5 Å². The van der Waals surface area contributed by atoms with Crippen molar-refractivity contribution in [3.05, 3.63) is 89.4 Å². The lowest BCUT2D eigenvalue weighted by atomic mass is 10.1. The molecule has 3 aromatic carbocycles. The van der Waals surface area contributed by atoms with Gasteiger partial charge in [-0.15, -0.1) is 0 Å². The number of hydrogen-bond donors (Lipinski definition) is 1. The molecule has 0 aliphatic heterocycles. The molecule has 208 valence electrons. The van der Waals surface area contributed by atoms with Gasteiger partial charge in [-0.1, -0.05) is 55.3 Å². The molecular formula is C29H34ClN3O5S. The zero-order valence-corrected chi connectivity index (χ0v) is 23.9. The summed E-state index contributed by atoms with van der Waals surface area (Å²) in [4.78, 5) is 27.9. The van der Waals surface area contributed by atoms with E-state index in [4.69, 9.17) is 16.3 Å². The van der Waals surface area contributed by atoms with Crippen molar-refractivity contribution in [2.75, 3.05) is 23.7 Å². The Morgan fingerprint density at radius 1 is 0.949 bits per heavy atom. The van der Waals surface area contributed by atoms with Gasteiger partial charge in [-0.2, -0.15) is 0 Å². The Labute approximate surface area is 235 Å². The predicted molar refractivity (Wildman–Crippen MR) is 155 cm³/mol. The molecule has 0 aliphatic rings. The third kappa shape index (κ3) is 9.01. The van der Waals surface area contributed by atoms with Crippen molar-refractivity contribution in [2.24, 2.45) is 0 Å². The summed E-state index contributed by atoms with van der Waals surface area (Å²) in [5.74, 6) is 0.341. The standard InChI is InChI=1S/C29H34ClN3O5S/c1-4-5-19-31-29(35)22(2)32(20-23-11-13-24(30)14-12-23)28(34)21-33(39(3,36)37)25-15-17-27(18-16-25)38-26-9-7-6-8-10-26/h6-18,22H,4-5,19-21H2,1-3H3,(H,31,35)/t22-/m1/s1. The van der Waals surface area contributed by atoms with Crippen LogP contribution in [0.2, 0.25) is 5.02 Å². The Bertz CT molecular complexity index is 1330. The minimum atomic E-state index is -3.83. The summed E-state index contributed by atoms with van der Waals surface area (Å²) in [5, 5.41) is 3.40. The van der Waals surface area contributed by atoms with E-state index in [1.165, 1.54) is 4.90 Å². The highest BCUT2D eigenvalue weighted by molar-refractivity contribution is 7.92. The van der Waals surface area contributed by atoms with Crippen LogP contribution in [-0.2, 0) is 26.2 Å². The number of sulfonamides is 1. The van der Waals surface area contributed by atoms with Crippen molar-refractivity contribution in [3.8, 4) is 11.5 Å². The molecule has 0 aromatic heterocycles. The summed E-state index contributed by atoms with van der Waals surface area (Å²) >= 11 is 6.01. The number of nitrogens with one attached hydrogen (secondary N) is 1. The highest BCUT2D eigenvalue weighted by atomic mass is 35.5. The quantitative estimate of drug-likeness (QED) is 0.283. The number of hydrogen-bond acceptors (Lipinski definition) is 5. The summed E-state index contributed by atoms with van der Waals surface area (Å²) in [5.41, 5.74) is 1.06. The first kappa shape index (κ1) is 30.0. The Hall–Kier alpha value is -3.56. The van der Waals surface area contributed by atoms with Gasteiger partial charge in [-0.3, -0.25) is 13.9 Å². The molecule has 0 spiro atoms. The van der Waals surface area contributed by atoms with E-state index in [0.717, 1.165) is 29.0 Å². The van der Waals surface area contributed by atoms with E-state index >= 15 is 0 Å². The Morgan fingerprint density at radius 3 is 2.15 bits per heavy atom. The van der Waals surface area contributed by atoms with Crippen molar-refractivity contribution in [2.45, 2.75) is 39.3 Å². The number of halogens is 1. The highest BCUT2D eigenvalue weighted by Gasteiger charge is 2.30. The van der Waals surface area contributed by atoms with Crippen LogP contribution >= 0.6 is 11.6 Å². The zero-order chi connectivity index (χ0) is 28.4. The Kier molecular flexibility index (Phi) is 10.8. The summed E-state index contributed by atoms with van der Waals surface area (Å²) in [6, 6.07) is 21.7. The van der Waals surface area contributed by atoms with E-state index in [0.29, 0.717) is 28.8 Å². The molecular weight excluding hydrogens is 538 g/mol. The largest absolute Gasteiger partial charge is 0.457 e. The van der Waals surface area contributed by atoms with Crippen LogP contribution in [0.15, 0.2) is 78.9 Å². The number of ether oxygens (including phenoxy) is 1. The first-order chi connectivity index (χ1) is 18.6. The molecule has 0 saturated carbocycles. The molecule has 0 saturated heterocycles. The maximum absolute atomic E-state index is 13.6. The summed E-state index contributed by atoms with van der Waals surface area (Å²) < 4.78 is 32.4. The van der Waals surface area contributed by atoms with E-state index in [1.54, 1.807) is 55.5 Å². The molecule has 0 heterocycles. The molecule has 2 amide bonds. The number of benzene rings is 3. The summed E-state index contributed by atoms with van der Waals surface area (Å²) in [6.45, 7) is 3.79. The van der Waals surface area contributed by atoms with Crippen LogP contribution in [0.5, 0.6) is 11.5 Å². The Morgan fingerprint density at radius 2 is 1.56 bits per heavy atom. The fraction of sp³-hybridized carbons (Fsp3) is 0.310. The van der Waals surface area contributed by atoms with Crippen LogP contribution in [0, 0.1) is 0 Å². The number of para-hydroxylation sites is 1. The van der Waals surface area contributed by atoms with Gasteiger partial charge in [-0.05, 0) is 67.4 Å². The summed E-state index contributed by atoms with van der Waals surface area (Å²) in [7, 11) is -3.83. The van der Waals surface area contributed by atoms with Crippen LogP contribution in [0.3, 0.4) is 0 Å². The number of nitrogens with zero attached hydrogens (tertiary/aromatic N) is 2. The highest BCUT2D eigenvalue weighted by Crippen LogP contribution is 2.26. The zero-order valence-electron chi connectivity index (χ0n) is 22.3. The maximum atomic E-state index is 13.6. The molecule has 0 aliphatic carbocycles. The lowest BCUT2D eigenvalue weighted by molar-refractivity contribution is -0.139. The fourth-order valence-corrected chi connectivity index (χ4v) is 4.80. The van der Waals surface area contributed by atoms with Crippen LogP contribution in [0.25, 0.3) is 0 Å². The summed E-state index contributed by atoms with van der Waals surface area (Å²) in [6.07, 6.45) is 2.77. The Balaban J connectivity index is 1.83. The molecule has 39 heavy (non-hydrogen) atoms.